The molecule has 0 N–H and O–H groups in total. The van der Waals surface area contributed by atoms with Gasteiger partial charge >= 0.3 is 5.97 Å². The van der Waals surface area contributed by atoms with Gasteiger partial charge in [-0.25, -0.2) is 0 Å². The number of rotatable bonds is 3. The third-order valence-electron chi connectivity index (χ3n) is 8.97. The lowest BCUT2D eigenvalue weighted by atomic mass is 9.44. The average Bonchev–Trinajstić information content (AvgIpc) is 2.96. The van der Waals surface area contributed by atoms with Crippen LogP contribution < -0.4 is 0 Å². The van der Waals surface area contributed by atoms with Crippen molar-refractivity contribution in [2.45, 2.75) is 72.1 Å². The van der Waals surface area contributed by atoms with Crippen LogP contribution in [0.25, 0.3) is 0 Å². The standard InChI is InChI=1S/C23H32O5/c1-13(24)28-12-20(27)18-7-6-17-16-5-4-14-10-15(25)8-9-22(14,2)21(16)19(26)11-23(17,18)3/h14,16-18,21H,4-12H2,1-3H3/t14-,16-,17-,18+,21+,22-,23-/m0/s1. The molecule has 7 atom stereocenters. The fourth-order valence-electron chi connectivity index (χ4n) is 7.66. The normalized spacial score (nSPS) is 45.0. The van der Waals surface area contributed by atoms with Gasteiger partial charge in [-0.05, 0) is 60.7 Å². The van der Waals surface area contributed by atoms with Gasteiger partial charge in [-0.2, -0.15) is 0 Å². The van der Waals surface area contributed by atoms with E-state index in [2.05, 4.69) is 13.8 Å². The highest BCUT2D eigenvalue weighted by Crippen LogP contribution is 2.66. The number of esters is 1. The molecule has 4 rings (SSSR count). The number of ketones is 3. The Morgan fingerprint density at radius 3 is 2.54 bits per heavy atom. The van der Waals surface area contributed by atoms with Gasteiger partial charge < -0.3 is 4.74 Å². The van der Waals surface area contributed by atoms with Crippen LogP contribution in [0.5, 0.6) is 0 Å². The van der Waals surface area contributed by atoms with E-state index >= 15 is 0 Å². The molecule has 0 radical (unpaired) electrons. The van der Waals surface area contributed by atoms with Crippen LogP contribution in [0, 0.1) is 40.4 Å². The lowest BCUT2D eigenvalue weighted by molar-refractivity contribution is -0.162. The van der Waals surface area contributed by atoms with Crippen molar-refractivity contribution in [2.24, 2.45) is 40.4 Å². The van der Waals surface area contributed by atoms with Crippen LogP contribution in [0.3, 0.4) is 0 Å². The van der Waals surface area contributed by atoms with E-state index in [-0.39, 0.29) is 35.1 Å². The van der Waals surface area contributed by atoms with E-state index in [1.807, 2.05) is 0 Å². The van der Waals surface area contributed by atoms with Crippen molar-refractivity contribution < 1.29 is 23.9 Å². The zero-order valence-corrected chi connectivity index (χ0v) is 17.3. The van der Waals surface area contributed by atoms with E-state index in [9.17, 15) is 19.2 Å². The van der Waals surface area contributed by atoms with E-state index < -0.39 is 5.97 Å². The second-order valence-electron chi connectivity index (χ2n) is 10.3. The maximum Gasteiger partial charge on any atom is 0.303 e. The van der Waals surface area contributed by atoms with Crippen LogP contribution in [-0.4, -0.2) is 29.9 Å². The zero-order chi connectivity index (χ0) is 20.3. The van der Waals surface area contributed by atoms with Gasteiger partial charge in [-0.15, -0.1) is 0 Å². The molecule has 0 unspecified atom stereocenters. The summed E-state index contributed by atoms with van der Waals surface area (Å²) in [5.41, 5.74) is -0.377. The minimum Gasteiger partial charge on any atom is -0.458 e. The van der Waals surface area contributed by atoms with E-state index in [4.69, 9.17) is 4.74 Å². The molecule has 0 bridgehead atoms. The fourth-order valence-corrected chi connectivity index (χ4v) is 7.66. The predicted molar refractivity (Wildman–Crippen MR) is 102 cm³/mol. The van der Waals surface area contributed by atoms with Gasteiger partial charge in [0.1, 0.15) is 18.2 Å². The highest BCUT2D eigenvalue weighted by molar-refractivity contribution is 5.89. The largest absolute Gasteiger partial charge is 0.458 e. The Morgan fingerprint density at radius 2 is 1.82 bits per heavy atom. The third-order valence-corrected chi connectivity index (χ3v) is 8.97. The first kappa shape index (κ1) is 19.8. The Hall–Kier alpha value is -1.52. The number of hydrogen-bond acceptors (Lipinski definition) is 5. The van der Waals surface area contributed by atoms with Crippen LogP contribution in [0.15, 0.2) is 0 Å². The Labute approximate surface area is 167 Å². The van der Waals surface area contributed by atoms with Crippen LogP contribution in [-0.2, 0) is 23.9 Å². The topological polar surface area (TPSA) is 77.5 Å². The van der Waals surface area contributed by atoms with Gasteiger partial charge in [-0.3, -0.25) is 19.2 Å². The zero-order valence-electron chi connectivity index (χ0n) is 17.3. The maximum absolute atomic E-state index is 13.5. The molecular weight excluding hydrogens is 356 g/mol. The molecule has 154 valence electrons. The summed E-state index contributed by atoms with van der Waals surface area (Å²) in [5, 5.41) is 0. The Kier molecular flexibility index (Phi) is 4.79. The molecular formula is C23H32O5. The van der Waals surface area contributed by atoms with Crippen molar-refractivity contribution in [3.05, 3.63) is 0 Å². The van der Waals surface area contributed by atoms with Gasteiger partial charge in [-0.1, -0.05) is 13.8 Å². The lowest BCUT2D eigenvalue weighted by Crippen LogP contribution is -2.57. The second-order valence-corrected chi connectivity index (χ2v) is 10.3. The summed E-state index contributed by atoms with van der Waals surface area (Å²) in [5.74, 6) is 1.07. The molecule has 4 aliphatic carbocycles. The van der Waals surface area contributed by atoms with Crippen molar-refractivity contribution in [1.82, 2.24) is 0 Å². The van der Waals surface area contributed by atoms with E-state index in [0.29, 0.717) is 48.6 Å². The molecule has 0 spiro atoms. The van der Waals surface area contributed by atoms with Gasteiger partial charge in [0.15, 0.2) is 5.78 Å². The molecule has 0 heterocycles. The van der Waals surface area contributed by atoms with Gasteiger partial charge in [0, 0.05) is 38.0 Å². The van der Waals surface area contributed by atoms with Crippen molar-refractivity contribution >= 4 is 23.3 Å². The van der Waals surface area contributed by atoms with Crippen LogP contribution in [0.1, 0.15) is 72.1 Å². The molecule has 5 heteroatoms. The monoisotopic (exact) mass is 388 g/mol. The molecule has 4 aliphatic rings. The highest BCUT2D eigenvalue weighted by Gasteiger charge is 2.64. The summed E-state index contributed by atoms with van der Waals surface area (Å²) < 4.78 is 4.97. The van der Waals surface area contributed by atoms with Crippen molar-refractivity contribution in [1.29, 1.82) is 0 Å². The number of hydrogen-bond donors (Lipinski definition) is 0. The molecule has 0 aromatic heterocycles. The number of fused-ring (bicyclic) bond motifs is 5. The van der Waals surface area contributed by atoms with E-state index in [1.54, 1.807) is 0 Å². The Bertz CT molecular complexity index is 727. The third kappa shape index (κ3) is 2.88. The van der Waals surface area contributed by atoms with Gasteiger partial charge in [0.25, 0.3) is 0 Å². The number of ether oxygens (including phenoxy) is 1. The maximum atomic E-state index is 13.5. The van der Waals surface area contributed by atoms with Crippen LogP contribution in [0.2, 0.25) is 0 Å². The first-order valence-corrected chi connectivity index (χ1v) is 10.9. The lowest BCUT2D eigenvalue weighted by Gasteiger charge is -2.59. The first-order valence-electron chi connectivity index (χ1n) is 10.9. The first-order chi connectivity index (χ1) is 13.2. The molecule has 4 fully saturated rings. The second kappa shape index (κ2) is 6.77. The molecule has 5 nitrogen and oxygen atoms in total. The van der Waals surface area contributed by atoms with Crippen molar-refractivity contribution in [3.8, 4) is 0 Å². The van der Waals surface area contributed by atoms with Crippen molar-refractivity contribution in [2.75, 3.05) is 6.61 Å². The molecule has 28 heavy (non-hydrogen) atoms. The fraction of sp³-hybridized carbons (Fsp3) is 0.826. The molecule has 4 saturated carbocycles. The van der Waals surface area contributed by atoms with E-state index in [0.717, 1.165) is 32.1 Å². The molecule has 0 aromatic rings. The average molecular weight is 389 g/mol. The summed E-state index contributed by atoms with van der Waals surface area (Å²) in [6, 6.07) is 0. The van der Waals surface area contributed by atoms with Crippen LogP contribution >= 0.6 is 0 Å². The molecule has 0 aromatic carbocycles. The molecule has 0 amide bonds. The summed E-state index contributed by atoms with van der Waals surface area (Å²) >= 11 is 0. The number of carbonyl (C=O) groups excluding carboxylic acids is 4. The SMILES string of the molecule is CC(=O)OCC(=O)[C@H]1CC[C@H]2[C@@H]3CC[C@H]4CC(=O)CC[C@]4(C)[C@H]3C(=O)C[C@]12C. The Morgan fingerprint density at radius 1 is 1.07 bits per heavy atom. The predicted octanol–water partition coefficient (Wildman–Crippen LogP) is 3.53. The minimum atomic E-state index is -0.439. The Balaban J connectivity index is 1.59. The summed E-state index contributed by atoms with van der Waals surface area (Å²) in [7, 11) is 0. The number of carbonyl (C=O) groups is 4. The minimum absolute atomic E-state index is 0.0328. The van der Waals surface area contributed by atoms with E-state index in [1.165, 1.54) is 6.92 Å². The van der Waals surface area contributed by atoms with Crippen LogP contribution in [0.4, 0.5) is 0 Å². The quantitative estimate of drug-likeness (QED) is 0.691. The number of Topliss-reactive ketones (excluding diaryl/α,β-unsaturated/α-hetero) is 3. The van der Waals surface area contributed by atoms with Crippen molar-refractivity contribution in [3.63, 3.8) is 0 Å². The highest BCUT2D eigenvalue weighted by atomic mass is 16.5. The van der Waals surface area contributed by atoms with Gasteiger partial charge in [0.05, 0.1) is 0 Å². The smallest absolute Gasteiger partial charge is 0.303 e. The summed E-state index contributed by atoms with van der Waals surface area (Å²) in [6.45, 7) is 5.51. The summed E-state index contributed by atoms with van der Waals surface area (Å²) in [4.78, 5) is 49.4. The molecule has 0 aliphatic heterocycles. The molecule has 0 saturated heterocycles. The van der Waals surface area contributed by atoms with Gasteiger partial charge in [0.2, 0.25) is 0 Å². The summed E-state index contributed by atoms with van der Waals surface area (Å²) in [6.07, 6.45) is 6.31.